The van der Waals surface area contributed by atoms with E-state index in [1.54, 1.807) is 10.4 Å². The monoisotopic (exact) mass is 298 g/mol. The summed E-state index contributed by atoms with van der Waals surface area (Å²) in [5.41, 5.74) is 2.70. The van der Waals surface area contributed by atoms with Gasteiger partial charge in [0, 0.05) is 7.59 Å². The summed E-state index contributed by atoms with van der Waals surface area (Å²) in [6.45, 7) is 14.5. The molecular weight excluding hydrogens is 272 g/mol. The summed E-state index contributed by atoms with van der Waals surface area (Å²) >= 11 is 0. The van der Waals surface area contributed by atoms with Crippen LogP contribution in [0.4, 0.5) is 0 Å². The molecule has 0 saturated carbocycles. The lowest BCUT2D eigenvalue weighted by Crippen LogP contribution is -2.71. The summed E-state index contributed by atoms with van der Waals surface area (Å²) < 4.78 is 0. The molecule has 0 N–H and O–H groups in total. The molecule has 0 atom stereocenters. The predicted octanol–water partition coefficient (Wildman–Crippen LogP) is 3.91. The molecule has 0 amide bonds. The van der Waals surface area contributed by atoms with Gasteiger partial charge in [-0.1, -0.05) is 96.2 Å². The summed E-state index contributed by atoms with van der Waals surface area (Å²) in [5.74, 6) is 0. The topological polar surface area (TPSA) is 0 Å². The van der Waals surface area contributed by atoms with Crippen LogP contribution in [0.25, 0.3) is 0 Å². The van der Waals surface area contributed by atoms with Gasteiger partial charge < -0.3 is 0 Å². The lowest BCUT2D eigenvalue weighted by atomic mass is 10.2. The second kappa shape index (κ2) is 5.34. The summed E-state index contributed by atoms with van der Waals surface area (Å²) in [7, 11) is -2.90. The number of hydrogen-bond donors (Lipinski definition) is 0. The Kier molecular flexibility index (Phi) is 4.08. The van der Waals surface area contributed by atoms with E-state index in [0.29, 0.717) is 0 Å². The van der Waals surface area contributed by atoms with Crippen LogP contribution in [0.5, 0.6) is 0 Å². The molecule has 0 aromatic heterocycles. The Balaban J connectivity index is 2.62. The quantitative estimate of drug-likeness (QED) is 0.754. The summed E-state index contributed by atoms with van der Waals surface area (Å²) in [6.07, 6.45) is 0. The normalized spacial score (nSPS) is 12.5. The maximum absolute atomic E-state index is 2.56. The van der Waals surface area contributed by atoms with Gasteiger partial charge in [0.05, 0.1) is 0 Å². The summed E-state index contributed by atoms with van der Waals surface area (Å²) in [5, 5.41) is 3.18. The van der Waals surface area contributed by atoms with E-state index >= 15 is 0 Å². The van der Waals surface area contributed by atoms with Gasteiger partial charge in [0.25, 0.3) is 0 Å². The molecule has 2 aromatic rings. The van der Waals surface area contributed by atoms with E-state index in [2.05, 4.69) is 88.6 Å². The minimum absolute atomic E-state index is 1.29. The van der Waals surface area contributed by atoms with Gasteiger partial charge in [-0.05, 0) is 13.8 Å². The van der Waals surface area contributed by atoms with Crippen molar-refractivity contribution in [1.82, 2.24) is 0 Å². The van der Waals surface area contributed by atoms with E-state index < -0.39 is 15.2 Å². The maximum Gasteiger partial charge on any atom is 0.107 e. The molecule has 0 saturated heterocycles. The zero-order chi connectivity index (χ0) is 15.0. The first-order valence-corrected chi connectivity index (χ1v) is 14.4. The Bertz CT molecular complexity index is 529. The molecule has 2 aromatic carbocycles. The second-order valence-electron chi connectivity index (χ2n) is 7.11. The van der Waals surface area contributed by atoms with E-state index in [4.69, 9.17) is 0 Å². The first-order chi connectivity index (χ1) is 9.25. The number of aryl methyl sites for hydroxylation is 2. The van der Waals surface area contributed by atoms with Crippen LogP contribution in [0.1, 0.15) is 11.1 Å². The average molecular weight is 299 g/mol. The molecule has 2 heteroatoms. The van der Waals surface area contributed by atoms with Crippen LogP contribution in [-0.4, -0.2) is 15.2 Å². The first-order valence-electron chi connectivity index (χ1n) is 7.39. The highest BCUT2D eigenvalue weighted by molar-refractivity contribution is 7.50. The number of rotatable bonds is 3. The van der Waals surface area contributed by atoms with Crippen molar-refractivity contribution in [2.75, 3.05) is 0 Å². The molecule has 0 bridgehead atoms. The molecule has 0 nitrogen and oxygen atoms in total. The molecule has 0 aliphatic rings. The van der Waals surface area contributed by atoms with Crippen molar-refractivity contribution in [2.24, 2.45) is 0 Å². The Morgan fingerprint density at radius 2 is 0.850 bits per heavy atom. The lowest BCUT2D eigenvalue weighted by molar-refractivity contribution is 1.48. The van der Waals surface area contributed by atoms with Gasteiger partial charge in [-0.15, -0.1) is 0 Å². The van der Waals surface area contributed by atoms with Gasteiger partial charge in [-0.3, -0.25) is 0 Å². The first kappa shape index (κ1) is 15.3. The van der Waals surface area contributed by atoms with Crippen molar-refractivity contribution in [2.45, 2.75) is 40.0 Å². The number of benzene rings is 2. The molecule has 20 heavy (non-hydrogen) atoms. The maximum atomic E-state index is 2.56. The minimum Gasteiger partial charge on any atom is -0.0709 e. The molecule has 0 unspecified atom stereocenters. The van der Waals surface area contributed by atoms with Gasteiger partial charge in [-0.25, -0.2) is 0 Å². The molecule has 0 radical (unpaired) electrons. The van der Waals surface area contributed by atoms with Crippen LogP contribution < -0.4 is 10.4 Å². The van der Waals surface area contributed by atoms with Crippen molar-refractivity contribution in [3.8, 4) is 0 Å². The fourth-order valence-electron chi connectivity index (χ4n) is 2.81. The van der Waals surface area contributed by atoms with Crippen molar-refractivity contribution >= 4 is 25.6 Å². The molecule has 0 spiro atoms. The van der Waals surface area contributed by atoms with E-state index in [-0.39, 0.29) is 0 Å². The standard InChI is InChI=1S/C18H26Si2/c1-15-7-11-17(12-8-15)20(6,19(3,4)5)18-13-9-16(2)10-14-18/h7-14H,1-6H3. The fourth-order valence-corrected chi connectivity index (χ4v) is 12.7. The highest BCUT2D eigenvalue weighted by atomic mass is 29.3. The molecule has 0 heterocycles. The molecule has 0 aliphatic heterocycles. The molecular formula is C18H26Si2. The van der Waals surface area contributed by atoms with Crippen LogP contribution >= 0.6 is 0 Å². The lowest BCUT2D eigenvalue weighted by Gasteiger charge is -2.40. The van der Waals surface area contributed by atoms with Crippen LogP contribution in [0.2, 0.25) is 26.2 Å². The van der Waals surface area contributed by atoms with Crippen LogP contribution in [-0.2, 0) is 0 Å². The van der Waals surface area contributed by atoms with Crippen molar-refractivity contribution in [3.05, 3.63) is 59.7 Å². The van der Waals surface area contributed by atoms with Crippen molar-refractivity contribution < 1.29 is 0 Å². The van der Waals surface area contributed by atoms with Crippen LogP contribution in [0.3, 0.4) is 0 Å². The summed E-state index contributed by atoms with van der Waals surface area (Å²) in [4.78, 5) is 0. The molecule has 0 aliphatic carbocycles. The molecule has 106 valence electrons. The predicted molar refractivity (Wildman–Crippen MR) is 96.6 cm³/mol. The zero-order valence-corrected chi connectivity index (χ0v) is 15.6. The van der Waals surface area contributed by atoms with Crippen molar-refractivity contribution in [3.63, 3.8) is 0 Å². The zero-order valence-electron chi connectivity index (χ0n) is 13.6. The van der Waals surface area contributed by atoms with E-state index in [9.17, 15) is 0 Å². The van der Waals surface area contributed by atoms with E-state index in [0.717, 1.165) is 0 Å². The van der Waals surface area contributed by atoms with Gasteiger partial charge in [0.15, 0.2) is 0 Å². The molecule has 0 fully saturated rings. The largest absolute Gasteiger partial charge is 0.107 e. The Morgan fingerprint density at radius 3 is 1.10 bits per heavy atom. The van der Waals surface area contributed by atoms with E-state index in [1.165, 1.54) is 11.1 Å². The third kappa shape index (κ3) is 2.67. The van der Waals surface area contributed by atoms with Gasteiger partial charge in [-0.2, -0.15) is 0 Å². The Morgan fingerprint density at radius 1 is 0.550 bits per heavy atom. The fraction of sp³-hybridized carbons (Fsp3) is 0.333. The number of hydrogen-bond acceptors (Lipinski definition) is 0. The smallest absolute Gasteiger partial charge is 0.0709 e. The van der Waals surface area contributed by atoms with Crippen molar-refractivity contribution in [1.29, 1.82) is 0 Å². The summed E-state index contributed by atoms with van der Waals surface area (Å²) in [6, 6.07) is 18.6. The van der Waals surface area contributed by atoms with Gasteiger partial charge >= 0.3 is 0 Å². The Hall–Kier alpha value is -1.13. The minimum atomic E-state index is -1.61. The highest BCUT2D eigenvalue weighted by Gasteiger charge is 2.44. The molecule has 2 rings (SSSR count). The third-order valence-electron chi connectivity index (χ3n) is 4.76. The average Bonchev–Trinajstić information content (AvgIpc) is 2.38. The second-order valence-corrected chi connectivity index (χ2v) is 22.5. The highest BCUT2D eigenvalue weighted by Crippen LogP contribution is 2.20. The third-order valence-corrected chi connectivity index (χ3v) is 21.5. The Labute approximate surface area is 125 Å². The van der Waals surface area contributed by atoms with Gasteiger partial charge in [0.2, 0.25) is 0 Å². The van der Waals surface area contributed by atoms with Crippen LogP contribution in [0, 0.1) is 13.8 Å². The van der Waals surface area contributed by atoms with Crippen LogP contribution in [0.15, 0.2) is 48.5 Å². The van der Waals surface area contributed by atoms with E-state index in [1.807, 2.05) is 0 Å². The van der Waals surface area contributed by atoms with Gasteiger partial charge in [0.1, 0.15) is 7.59 Å². The SMILES string of the molecule is Cc1ccc([Si](C)(c2ccc(C)cc2)[Si](C)(C)C)cc1.